The number of phenols is 1. The summed E-state index contributed by atoms with van der Waals surface area (Å²) in [6.07, 6.45) is 0. The molecule has 1 rings (SSSR count). The third kappa shape index (κ3) is 1.94. The zero-order chi connectivity index (χ0) is 10.7. The van der Waals surface area contributed by atoms with Crippen LogP contribution in [0, 0.1) is 0 Å². The highest BCUT2D eigenvalue weighted by Gasteiger charge is 2.14. The van der Waals surface area contributed by atoms with Crippen LogP contribution in [0.3, 0.4) is 0 Å². The van der Waals surface area contributed by atoms with Gasteiger partial charge < -0.3 is 15.6 Å². The summed E-state index contributed by atoms with van der Waals surface area (Å²) in [5.74, 6) is 0.611. The number of aromatic hydroxyl groups is 1. The van der Waals surface area contributed by atoms with Gasteiger partial charge in [-0.2, -0.15) is 0 Å². The van der Waals surface area contributed by atoms with E-state index in [1.807, 2.05) is 6.92 Å². The molecule has 3 N–H and O–H groups in total. The lowest BCUT2D eigenvalue weighted by Gasteiger charge is -2.13. The van der Waals surface area contributed by atoms with Crippen LogP contribution in [0.5, 0.6) is 11.5 Å². The number of ether oxygens (including phenoxy) is 1. The Morgan fingerprint density at radius 1 is 1.57 bits per heavy atom. The van der Waals surface area contributed by atoms with E-state index in [0.29, 0.717) is 12.3 Å². The molecule has 1 unspecified atom stereocenters. The molecule has 0 bridgehead atoms. The second kappa shape index (κ2) is 4.53. The highest BCUT2D eigenvalue weighted by Crippen LogP contribution is 2.38. The van der Waals surface area contributed by atoms with Crippen molar-refractivity contribution < 1.29 is 9.84 Å². The third-order valence-electron chi connectivity index (χ3n) is 2.22. The van der Waals surface area contributed by atoms with Gasteiger partial charge in [0.25, 0.3) is 0 Å². The smallest absolute Gasteiger partial charge is 0.141 e. The number of nitrogens with two attached hydrogens (primary N) is 1. The zero-order valence-corrected chi connectivity index (χ0v) is 9.01. The van der Waals surface area contributed by atoms with Crippen LogP contribution in [0.15, 0.2) is 12.1 Å². The van der Waals surface area contributed by atoms with Crippen LogP contribution in [0.25, 0.3) is 0 Å². The molecule has 4 heteroatoms. The Balaban J connectivity index is 3.17. The molecule has 3 nitrogen and oxygen atoms in total. The number of hydrogen-bond acceptors (Lipinski definition) is 3. The molecule has 0 heterocycles. The van der Waals surface area contributed by atoms with E-state index in [9.17, 15) is 5.11 Å². The van der Waals surface area contributed by atoms with Gasteiger partial charge in [0.15, 0.2) is 0 Å². The summed E-state index contributed by atoms with van der Waals surface area (Å²) in [6.45, 7) is 2.40. The molecule has 0 aliphatic rings. The van der Waals surface area contributed by atoms with Crippen LogP contribution in [0.4, 0.5) is 0 Å². The molecular formula is C10H14ClNO2. The van der Waals surface area contributed by atoms with Crippen LogP contribution in [0.1, 0.15) is 18.4 Å². The summed E-state index contributed by atoms with van der Waals surface area (Å²) >= 11 is 5.88. The zero-order valence-electron chi connectivity index (χ0n) is 8.25. The SMILES string of the molecule is COc1ccc(C(C)CN)c(O)c1Cl. The van der Waals surface area contributed by atoms with Gasteiger partial charge in [0, 0.05) is 0 Å². The van der Waals surface area contributed by atoms with Crippen LogP contribution in [-0.4, -0.2) is 18.8 Å². The first kappa shape index (κ1) is 11.1. The lowest BCUT2D eigenvalue weighted by Crippen LogP contribution is -2.09. The molecule has 14 heavy (non-hydrogen) atoms. The molecule has 1 aromatic carbocycles. The Morgan fingerprint density at radius 2 is 2.21 bits per heavy atom. The molecule has 0 fully saturated rings. The minimum atomic E-state index is 0.0592. The fraction of sp³-hybridized carbons (Fsp3) is 0.400. The predicted octanol–water partition coefficient (Wildman–Crippen LogP) is 2.12. The molecule has 0 saturated carbocycles. The number of benzene rings is 1. The topological polar surface area (TPSA) is 55.5 Å². The molecule has 0 radical (unpaired) electrons. The first-order chi connectivity index (χ1) is 6.61. The highest BCUT2D eigenvalue weighted by atomic mass is 35.5. The Hall–Kier alpha value is -0.930. The molecule has 0 aliphatic heterocycles. The normalized spacial score (nSPS) is 12.6. The maximum atomic E-state index is 9.74. The fourth-order valence-corrected chi connectivity index (χ4v) is 1.49. The predicted molar refractivity (Wildman–Crippen MR) is 57.1 cm³/mol. The van der Waals surface area contributed by atoms with Crippen molar-refractivity contribution in [3.63, 3.8) is 0 Å². The summed E-state index contributed by atoms with van der Waals surface area (Å²) < 4.78 is 4.97. The first-order valence-electron chi connectivity index (χ1n) is 4.37. The van der Waals surface area contributed by atoms with E-state index in [1.165, 1.54) is 7.11 Å². The van der Waals surface area contributed by atoms with Gasteiger partial charge in [0.05, 0.1) is 7.11 Å². The largest absolute Gasteiger partial charge is 0.506 e. The molecule has 1 aromatic rings. The van der Waals surface area contributed by atoms with Gasteiger partial charge in [0.1, 0.15) is 16.5 Å². The van der Waals surface area contributed by atoms with Crippen LogP contribution in [-0.2, 0) is 0 Å². The van der Waals surface area contributed by atoms with Gasteiger partial charge >= 0.3 is 0 Å². The number of phenolic OH excluding ortho intramolecular Hbond substituents is 1. The van der Waals surface area contributed by atoms with E-state index in [2.05, 4.69) is 0 Å². The van der Waals surface area contributed by atoms with Gasteiger partial charge in [-0.25, -0.2) is 0 Å². The molecule has 78 valence electrons. The fourth-order valence-electron chi connectivity index (χ4n) is 1.24. The number of rotatable bonds is 3. The maximum absolute atomic E-state index is 9.74. The van der Waals surface area contributed by atoms with Crippen molar-refractivity contribution in [1.29, 1.82) is 0 Å². The average molecular weight is 216 g/mol. The Bertz CT molecular complexity index is 328. The van der Waals surface area contributed by atoms with E-state index in [0.717, 1.165) is 5.56 Å². The van der Waals surface area contributed by atoms with E-state index in [4.69, 9.17) is 22.1 Å². The van der Waals surface area contributed by atoms with E-state index in [-0.39, 0.29) is 16.7 Å². The van der Waals surface area contributed by atoms with Crippen LogP contribution in [0.2, 0.25) is 5.02 Å². The van der Waals surface area contributed by atoms with Gasteiger partial charge in [-0.05, 0) is 24.1 Å². The summed E-state index contributed by atoms with van der Waals surface area (Å²) in [5, 5.41) is 9.98. The molecule has 1 atom stereocenters. The molecular weight excluding hydrogens is 202 g/mol. The maximum Gasteiger partial charge on any atom is 0.141 e. The van der Waals surface area contributed by atoms with Crippen LogP contribution >= 0.6 is 11.6 Å². The van der Waals surface area contributed by atoms with E-state index < -0.39 is 0 Å². The van der Waals surface area contributed by atoms with Crippen molar-refractivity contribution in [2.45, 2.75) is 12.8 Å². The molecule has 0 amide bonds. The average Bonchev–Trinajstić information content (AvgIpc) is 2.21. The minimum absolute atomic E-state index is 0.0592. The van der Waals surface area contributed by atoms with Crippen molar-refractivity contribution >= 4 is 11.6 Å². The summed E-state index contributed by atoms with van der Waals surface area (Å²) in [6, 6.07) is 3.50. The molecule has 0 aliphatic carbocycles. The second-order valence-corrected chi connectivity index (χ2v) is 3.53. The van der Waals surface area contributed by atoms with E-state index >= 15 is 0 Å². The van der Waals surface area contributed by atoms with Gasteiger partial charge in [0.2, 0.25) is 0 Å². The van der Waals surface area contributed by atoms with Crippen LogP contribution < -0.4 is 10.5 Å². The van der Waals surface area contributed by atoms with Crippen molar-refractivity contribution in [2.24, 2.45) is 5.73 Å². The molecule has 0 spiro atoms. The number of methoxy groups -OCH3 is 1. The quantitative estimate of drug-likeness (QED) is 0.812. The van der Waals surface area contributed by atoms with Crippen molar-refractivity contribution in [3.05, 3.63) is 22.7 Å². The Kier molecular flexibility index (Phi) is 3.61. The highest BCUT2D eigenvalue weighted by molar-refractivity contribution is 6.33. The van der Waals surface area contributed by atoms with Gasteiger partial charge in [-0.15, -0.1) is 0 Å². The Labute approximate surface area is 88.4 Å². The first-order valence-corrected chi connectivity index (χ1v) is 4.75. The van der Waals surface area contributed by atoms with Crippen molar-refractivity contribution in [2.75, 3.05) is 13.7 Å². The summed E-state index contributed by atoms with van der Waals surface area (Å²) in [7, 11) is 1.51. The van der Waals surface area contributed by atoms with Crippen molar-refractivity contribution in [1.82, 2.24) is 0 Å². The number of hydrogen-bond donors (Lipinski definition) is 2. The van der Waals surface area contributed by atoms with Gasteiger partial charge in [-0.1, -0.05) is 24.6 Å². The standard InChI is InChI=1S/C10H14ClNO2/c1-6(5-12)7-3-4-8(14-2)9(11)10(7)13/h3-4,6,13H,5,12H2,1-2H3. The number of halogens is 1. The minimum Gasteiger partial charge on any atom is -0.506 e. The van der Waals surface area contributed by atoms with E-state index in [1.54, 1.807) is 12.1 Å². The molecule has 0 aromatic heterocycles. The lowest BCUT2D eigenvalue weighted by molar-refractivity contribution is 0.406. The summed E-state index contributed by atoms with van der Waals surface area (Å²) in [5.41, 5.74) is 6.26. The third-order valence-corrected chi connectivity index (χ3v) is 2.58. The summed E-state index contributed by atoms with van der Waals surface area (Å²) in [4.78, 5) is 0. The molecule has 0 saturated heterocycles. The van der Waals surface area contributed by atoms with Gasteiger partial charge in [-0.3, -0.25) is 0 Å². The monoisotopic (exact) mass is 215 g/mol. The second-order valence-electron chi connectivity index (χ2n) is 3.16. The lowest BCUT2D eigenvalue weighted by atomic mass is 10.0. The van der Waals surface area contributed by atoms with Crippen molar-refractivity contribution in [3.8, 4) is 11.5 Å². The Morgan fingerprint density at radius 3 is 2.71 bits per heavy atom.